The van der Waals surface area contributed by atoms with Gasteiger partial charge in [0.1, 0.15) is 10.1 Å². The standard InChI is InChI=1S/C19H18Cl2N2O3/c1-18(12-19(18,20)21)17(25)23-22-16(24)11-26-15-10-6-5-9-14(15)13-7-3-2-4-8-13/h2-10H,11-12H2,1H3,(H,22,24)(H,23,25). The van der Waals surface area contributed by atoms with Crippen molar-refractivity contribution >= 4 is 35.0 Å². The summed E-state index contributed by atoms with van der Waals surface area (Å²) in [5, 5.41) is 0. The molecule has 2 amide bonds. The molecule has 1 aliphatic rings. The minimum atomic E-state index is -1.09. The number of rotatable bonds is 5. The van der Waals surface area contributed by atoms with Gasteiger partial charge in [-0.1, -0.05) is 48.5 Å². The van der Waals surface area contributed by atoms with Crippen LogP contribution in [-0.4, -0.2) is 22.8 Å². The fourth-order valence-corrected chi connectivity index (χ4v) is 3.24. The summed E-state index contributed by atoms with van der Waals surface area (Å²) < 4.78 is 4.52. The van der Waals surface area contributed by atoms with E-state index < -0.39 is 21.6 Å². The van der Waals surface area contributed by atoms with Crippen LogP contribution in [0.25, 0.3) is 11.1 Å². The highest BCUT2D eigenvalue weighted by molar-refractivity contribution is 6.53. The average Bonchev–Trinajstić information content (AvgIpc) is 3.18. The number of amides is 2. The number of hydrogen-bond donors (Lipinski definition) is 2. The van der Waals surface area contributed by atoms with Crippen LogP contribution in [0, 0.1) is 5.41 Å². The van der Waals surface area contributed by atoms with Crippen LogP contribution in [0.15, 0.2) is 54.6 Å². The van der Waals surface area contributed by atoms with E-state index in [0.717, 1.165) is 11.1 Å². The molecule has 1 aliphatic carbocycles. The quantitative estimate of drug-likeness (QED) is 0.604. The van der Waals surface area contributed by atoms with Crippen molar-refractivity contribution in [1.82, 2.24) is 10.9 Å². The van der Waals surface area contributed by atoms with Crippen LogP contribution in [0.1, 0.15) is 13.3 Å². The first-order valence-electron chi connectivity index (χ1n) is 8.08. The number of alkyl halides is 2. The fraction of sp³-hybridized carbons (Fsp3) is 0.263. The van der Waals surface area contributed by atoms with Gasteiger partial charge in [-0.2, -0.15) is 0 Å². The molecule has 2 N–H and O–H groups in total. The molecule has 0 heterocycles. The van der Waals surface area contributed by atoms with E-state index in [2.05, 4.69) is 10.9 Å². The molecule has 2 aromatic carbocycles. The van der Waals surface area contributed by atoms with Gasteiger partial charge in [-0.3, -0.25) is 20.4 Å². The zero-order chi connectivity index (χ0) is 18.8. The van der Waals surface area contributed by atoms with Crippen molar-refractivity contribution in [3.8, 4) is 16.9 Å². The molecule has 0 radical (unpaired) electrons. The third-order valence-electron chi connectivity index (χ3n) is 4.41. The van der Waals surface area contributed by atoms with E-state index in [1.807, 2.05) is 48.5 Å². The van der Waals surface area contributed by atoms with E-state index in [1.165, 1.54) is 0 Å². The molecule has 0 saturated heterocycles. The third-order valence-corrected chi connectivity index (χ3v) is 5.51. The summed E-state index contributed by atoms with van der Waals surface area (Å²) in [6.07, 6.45) is 0.339. The molecule has 0 aliphatic heterocycles. The van der Waals surface area contributed by atoms with Gasteiger partial charge in [0, 0.05) is 5.56 Å². The highest BCUT2D eigenvalue weighted by Gasteiger charge is 2.68. The van der Waals surface area contributed by atoms with Crippen molar-refractivity contribution in [2.24, 2.45) is 5.41 Å². The minimum absolute atomic E-state index is 0.242. The number of ether oxygens (including phenoxy) is 1. The van der Waals surface area contributed by atoms with Crippen LogP contribution in [0.4, 0.5) is 0 Å². The van der Waals surface area contributed by atoms with Crippen molar-refractivity contribution in [3.05, 3.63) is 54.6 Å². The summed E-state index contributed by atoms with van der Waals surface area (Å²) in [4.78, 5) is 24.0. The van der Waals surface area contributed by atoms with Gasteiger partial charge in [0.15, 0.2) is 6.61 Å². The number of nitrogens with one attached hydrogen (secondary N) is 2. The Morgan fingerprint density at radius 3 is 2.31 bits per heavy atom. The van der Waals surface area contributed by atoms with Crippen molar-refractivity contribution in [1.29, 1.82) is 0 Å². The molecule has 0 bridgehead atoms. The molecule has 0 aromatic heterocycles. The Balaban J connectivity index is 1.55. The van der Waals surface area contributed by atoms with Crippen molar-refractivity contribution in [3.63, 3.8) is 0 Å². The highest BCUT2D eigenvalue weighted by atomic mass is 35.5. The van der Waals surface area contributed by atoms with E-state index in [0.29, 0.717) is 12.2 Å². The Morgan fingerprint density at radius 2 is 1.65 bits per heavy atom. The van der Waals surface area contributed by atoms with Gasteiger partial charge in [-0.25, -0.2) is 0 Å². The molecule has 1 atom stereocenters. The number of hydrogen-bond acceptors (Lipinski definition) is 3. The van der Waals surface area contributed by atoms with Gasteiger partial charge in [0.2, 0.25) is 5.91 Å². The highest BCUT2D eigenvalue weighted by Crippen LogP contribution is 2.63. The normalized spacial score (nSPS) is 20.1. The minimum Gasteiger partial charge on any atom is -0.483 e. The maximum Gasteiger partial charge on any atom is 0.276 e. The average molecular weight is 393 g/mol. The number of benzene rings is 2. The fourth-order valence-electron chi connectivity index (χ4n) is 2.54. The summed E-state index contributed by atoms with van der Waals surface area (Å²) in [5.41, 5.74) is 5.62. The summed E-state index contributed by atoms with van der Waals surface area (Å²) >= 11 is 11.9. The second-order valence-corrected chi connectivity index (χ2v) is 7.85. The van der Waals surface area contributed by atoms with Gasteiger partial charge < -0.3 is 4.74 Å². The topological polar surface area (TPSA) is 67.4 Å². The molecule has 136 valence electrons. The molecule has 1 saturated carbocycles. The molecular weight excluding hydrogens is 375 g/mol. The van der Waals surface area contributed by atoms with E-state index in [9.17, 15) is 9.59 Å². The van der Waals surface area contributed by atoms with E-state index in [1.54, 1.807) is 13.0 Å². The van der Waals surface area contributed by atoms with Gasteiger partial charge in [-0.05, 0) is 25.0 Å². The predicted octanol–water partition coefficient (Wildman–Crippen LogP) is 3.46. The predicted molar refractivity (Wildman–Crippen MR) is 101 cm³/mol. The Kier molecular flexibility index (Phi) is 5.12. The summed E-state index contributed by atoms with van der Waals surface area (Å²) in [7, 11) is 0. The van der Waals surface area contributed by atoms with Crippen LogP contribution in [0.5, 0.6) is 5.75 Å². The smallest absolute Gasteiger partial charge is 0.276 e. The van der Waals surface area contributed by atoms with Crippen LogP contribution < -0.4 is 15.6 Å². The van der Waals surface area contributed by atoms with Crippen LogP contribution in [0.3, 0.4) is 0 Å². The second kappa shape index (κ2) is 7.17. The zero-order valence-electron chi connectivity index (χ0n) is 14.1. The first-order valence-corrected chi connectivity index (χ1v) is 8.83. The lowest BCUT2D eigenvalue weighted by molar-refractivity contribution is -0.132. The molecule has 1 unspecified atom stereocenters. The molecule has 7 heteroatoms. The third kappa shape index (κ3) is 3.79. The molecule has 0 spiro atoms. The summed E-state index contributed by atoms with van der Waals surface area (Å²) in [6.45, 7) is 1.40. The van der Waals surface area contributed by atoms with Gasteiger partial charge in [0.25, 0.3) is 5.91 Å². The van der Waals surface area contributed by atoms with Crippen LogP contribution in [0.2, 0.25) is 0 Å². The van der Waals surface area contributed by atoms with Crippen molar-refractivity contribution in [2.75, 3.05) is 6.61 Å². The molecule has 1 fully saturated rings. The van der Waals surface area contributed by atoms with Gasteiger partial charge >= 0.3 is 0 Å². The maximum absolute atomic E-state index is 12.0. The summed E-state index contributed by atoms with van der Waals surface area (Å²) in [6, 6.07) is 17.1. The Hall–Kier alpha value is -2.24. The first-order chi connectivity index (χ1) is 12.3. The Labute approximate surface area is 161 Å². The number of carbonyl (C=O) groups is 2. The van der Waals surface area contributed by atoms with E-state index in [-0.39, 0.29) is 6.61 Å². The molecule has 3 rings (SSSR count). The lowest BCUT2D eigenvalue weighted by atomic mass is 10.1. The lowest BCUT2D eigenvalue weighted by Crippen LogP contribution is -2.47. The molecular formula is C19H18Cl2N2O3. The Bertz CT molecular complexity index is 827. The van der Waals surface area contributed by atoms with Crippen LogP contribution >= 0.6 is 23.2 Å². The SMILES string of the molecule is CC1(C(=O)NNC(=O)COc2ccccc2-c2ccccc2)CC1(Cl)Cl. The molecule has 2 aromatic rings. The van der Waals surface area contributed by atoms with Crippen molar-refractivity contribution in [2.45, 2.75) is 17.7 Å². The lowest BCUT2D eigenvalue weighted by Gasteiger charge is -2.14. The van der Waals surface area contributed by atoms with E-state index in [4.69, 9.17) is 27.9 Å². The summed E-state index contributed by atoms with van der Waals surface area (Å²) in [5.74, 6) is -0.337. The van der Waals surface area contributed by atoms with Crippen LogP contribution in [-0.2, 0) is 9.59 Å². The van der Waals surface area contributed by atoms with Gasteiger partial charge in [0.05, 0.1) is 5.41 Å². The number of carbonyl (C=O) groups excluding carboxylic acids is 2. The Morgan fingerprint density at radius 1 is 1.04 bits per heavy atom. The molecule has 26 heavy (non-hydrogen) atoms. The van der Waals surface area contributed by atoms with E-state index >= 15 is 0 Å². The second-order valence-electron chi connectivity index (χ2n) is 6.37. The number of hydrazine groups is 1. The number of halogens is 2. The number of para-hydroxylation sites is 1. The van der Waals surface area contributed by atoms with Crippen molar-refractivity contribution < 1.29 is 14.3 Å². The molecule has 5 nitrogen and oxygen atoms in total. The monoisotopic (exact) mass is 392 g/mol. The zero-order valence-corrected chi connectivity index (χ0v) is 15.6. The maximum atomic E-state index is 12.0. The van der Waals surface area contributed by atoms with Gasteiger partial charge in [-0.15, -0.1) is 23.2 Å². The largest absolute Gasteiger partial charge is 0.483 e. The first kappa shape index (κ1) is 18.5.